The second kappa shape index (κ2) is 4.64. The fourth-order valence-corrected chi connectivity index (χ4v) is 2.19. The Kier molecular flexibility index (Phi) is 2.65. The molecule has 0 aliphatic rings. The van der Waals surface area contributed by atoms with Gasteiger partial charge >= 0.3 is 0 Å². The van der Waals surface area contributed by atoms with Crippen LogP contribution in [0.4, 0.5) is 0 Å². The molecule has 0 saturated carbocycles. The first-order valence-electron chi connectivity index (χ1n) is 6.04. The lowest BCUT2D eigenvalue weighted by Gasteiger charge is -1.96. The normalized spacial score (nSPS) is 11.1. The number of halogens is 1. The standard InChI is InChI=1S/C13H7ClN6O/c14-9-5-15-2-1-8(9)13-18-12(19-21-13)10-6-17-11-7-16-3-4-20(10)11/h1-7H. The minimum atomic E-state index is 0.335. The zero-order chi connectivity index (χ0) is 14.2. The summed E-state index contributed by atoms with van der Waals surface area (Å²) in [5.74, 6) is 0.762. The highest BCUT2D eigenvalue weighted by atomic mass is 35.5. The van der Waals surface area contributed by atoms with Crippen LogP contribution in [0.3, 0.4) is 0 Å². The van der Waals surface area contributed by atoms with Crippen molar-refractivity contribution in [1.29, 1.82) is 0 Å². The number of imidazole rings is 1. The van der Waals surface area contributed by atoms with Crippen LogP contribution in [-0.2, 0) is 0 Å². The van der Waals surface area contributed by atoms with Crippen LogP contribution in [0.15, 0.2) is 47.8 Å². The highest BCUT2D eigenvalue weighted by molar-refractivity contribution is 6.32. The van der Waals surface area contributed by atoms with E-state index in [0.717, 1.165) is 0 Å². The van der Waals surface area contributed by atoms with Gasteiger partial charge in [0.25, 0.3) is 5.89 Å². The molecule has 0 radical (unpaired) electrons. The fourth-order valence-electron chi connectivity index (χ4n) is 1.99. The molecular formula is C13H7ClN6O. The third kappa shape index (κ3) is 1.95. The first kappa shape index (κ1) is 12.0. The van der Waals surface area contributed by atoms with E-state index in [4.69, 9.17) is 16.1 Å². The van der Waals surface area contributed by atoms with Gasteiger partial charge in [-0.15, -0.1) is 0 Å². The largest absolute Gasteiger partial charge is 0.334 e. The number of rotatable bonds is 2. The van der Waals surface area contributed by atoms with Gasteiger partial charge in [-0.25, -0.2) is 4.98 Å². The summed E-state index contributed by atoms with van der Waals surface area (Å²) in [6.45, 7) is 0. The molecule has 0 bridgehead atoms. The number of hydrogen-bond donors (Lipinski definition) is 0. The van der Waals surface area contributed by atoms with E-state index in [9.17, 15) is 0 Å². The zero-order valence-corrected chi connectivity index (χ0v) is 11.3. The Labute approximate surface area is 123 Å². The van der Waals surface area contributed by atoms with Crippen molar-refractivity contribution in [2.45, 2.75) is 0 Å². The number of pyridine rings is 1. The van der Waals surface area contributed by atoms with Gasteiger partial charge in [-0.3, -0.25) is 14.4 Å². The van der Waals surface area contributed by atoms with Crippen molar-refractivity contribution >= 4 is 17.2 Å². The molecule has 0 amide bonds. The van der Waals surface area contributed by atoms with Crippen molar-refractivity contribution in [3.05, 3.63) is 48.3 Å². The molecule has 0 aromatic carbocycles. The van der Waals surface area contributed by atoms with Gasteiger partial charge in [-0.2, -0.15) is 4.98 Å². The lowest BCUT2D eigenvalue weighted by Crippen LogP contribution is -1.90. The van der Waals surface area contributed by atoms with E-state index >= 15 is 0 Å². The van der Waals surface area contributed by atoms with Crippen LogP contribution < -0.4 is 0 Å². The second-order valence-corrected chi connectivity index (χ2v) is 4.63. The molecule has 4 heterocycles. The van der Waals surface area contributed by atoms with Gasteiger partial charge in [-0.1, -0.05) is 16.8 Å². The Morgan fingerprint density at radius 3 is 2.90 bits per heavy atom. The minimum Gasteiger partial charge on any atom is -0.334 e. The molecule has 0 aliphatic heterocycles. The Hall–Kier alpha value is -2.80. The van der Waals surface area contributed by atoms with Crippen LogP contribution in [0.5, 0.6) is 0 Å². The van der Waals surface area contributed by atoms with Gasteiger partial charge in [0, 0.05) is 24.8 Å². The molecule has 0 N–H and O–H groups in total. The smallest absolute Gasteiger partial charge is 0.259 e. The van der Waals surface area contributed by atoms with Crippen molar-refractivity contribution in [2.24, 2.45) is 0 Å². The van der Waals surface area contributed by atoms with Crippen LogP contribution in [0.25, 0.3) is 28.6 Å². The molecule has 0 atom stereocenters. The maximum atomic E-state index is 6.07. The van der Waals surface area contributed by atoms with E-state index in [1.54, 1.807) is 37.1 Å². The maximum Gasteiger partial charge on any atom is 0.259 e. The van der Waals surface area contributed by atoms with Gasteiger partial charge in [-0.05, 0) is 6.07 Å². The highest BCUT2D eigenvalue weighted by Gasteiger charge is 2.16. The summed E-state index contributed by atoms with van der Waals surface area (Å²) in [4.78, 5) is 16.5. The van der Waals surface area contributed by atoms with Crippen molar-refractivity contribution in [1.82, 2.24) is 29.5 Å². The van der Waals surface area contributed by atoms with E-state index < -0.39 is 0 Å². The van der Waals surface area contributed by atoms with Gasteiger partial charge in [0.2, 0.25) is 5.82 Å². The third-order valence-electron chi connectivity index (χ3n) is 2.98. The monoisotopic (exact) mass is 298 g/mol. The third-order valence-corrected chi connectivity index (χ3v) is 3.28. The molecule has 21 heavy (non-hydrogen) atoms. The summed E-state index contributed by atoms with van der Waals surface area (Å²) >= 11 is 6.07. The predicted octanol–water partition coefficient (Wildman–Crippen LogP) is 2.49. The molecule has 0 saturated heterocycles. The summed E-state index contributed by atoms with van der Waals surface area (Å²) in [7, 11) is 0. The topological polar surface area (TPSA) is 82.0 Å². The van der Waals surface area contributed by atoms with E-state index in [0.29, 0.717) is 33.6 Å². The Balaban J connectivity index is 1.83. The number of nitrogens with zero attached hydrogens (tertiary/aromatic N) is 6. The van der Waals surface area contributed by atoms with Crippen LogP contribution >= 0.6 is 11.6 Å². The summed E-state index contributed by atoms with van der Waals surface area (Å²) in [5, 5.41) is 4.43. The van der Waals surface area contributed by atoms with Crippen LogP contribution in [0.1, 0.15) is 0 Å². The Morgan fingerprint density at radius 1 is 1.10 bits per heavy atom. The molecule has 4 aromatic heterocycles. The van der Waals surface area contributed by atoms with E-state index in [1.165, 1.54) is 6.20 Å². The van der Waals surface area contributed by atoms with Crippen LogP contribution in [-0.4, -0.2) is 29.5 Å². The highest BCUT2D eigenvalue weighted by Crippen LogP contribution is 2.27. The fraction of sp³-hybridized carbons (Fsp3) is 0. The van der Waals surface area contributed by atoms with Crippen molar-refractivity contribution in [3.8, 4) is 23.0 Å². The molecule has 0 unspecified atom stereocenters. The molecule has 0 aliphatic carbocycles. The molecule has 4 rings (SSSR count). The van der Waals surface area contributed by atoms with E-state index in [2.05, 4.69) is 25.1 Å². The Morgan fingerprint density at radius 2 is 2.00 bits per heavy atom. The number of hydrogen-bond acceptors (Lipinski definition) is 6. The van der Waals surface area contributed by atoms with Crippen molar-refractivity contribution in [3.63, 3.8) is 0 Å². The van der Waals surface area contributed by atoms with Gasteiger partial charge < -0.3 is 4.52 Å². The van der Waals surface area contributed by atoms with Crippen LogP contribution in [0, 0.1) is 0 Å². The van der Waals surface area contributed by atoms with E-state index in [-0.39, 0.29) is 0 Å². The van der Waals surface area contributed by atoms with Crippen molar-refractivity contribution < 1.29 is 4.52 Å². The lowest BCUT2D eigenvalue weighted by atomic mass is 10.3. The molecule has 102 valence electrons. The number of fused-ring (bicyclic) bond motifs is 1. The van der Waals surface area contributed by atoms with Crippen LogP contribution in [0.2, 0.25) is 5.02 Å². The number of aromatic nitrogens is 6. The van der Waals surface area contributed by atoms with Gasteiger partial charge in [0.15, 0.2) is 5.65 Å². The predicted molar refractivity (Wildman–Crippen MR) is 74.5 cm³/mol. The quantitative estimate of drug-likeness (QED) is 0.565. The maximum absolute atomic E-state index is 6.07. The Bertz CT molecular complexity index is 931. The molecular weight excluding hydrogens is 292 g/mol. The molecule has 7 nitrogen and oxygen atoms in total. The molecule has 4 aromatic rings. The average molecular weight is 299 g/mol. The summed E-state index contributed by atoms with van der Waals surface area (Å²) in [5.41, 5.74) is 2.06. The minimum absolute atomic E-state index is 0.335. The van der Waals surface area contributed by atoms with Gasteiger partial charge in [0.1, 0.15) is 5.69 Å². The lowest BCUT2D eigenvalue weighted by molar-refractivity contribution is 0.432. The SMILES string of the molecule is Clc1cnccc1-c1nc(-c2cnc3cnccn23)no1. The van der Waals surface area contributed by atoms with Crippen molar-refractivity contribution in [2.75, 3.05) is 0 Å². The summed E-state index contributed by atoms with van der Waals surface area (Å²) in [6.07, 6.45) is 9.92. The summed E-state index contributed by atoms with van der Waals surface area (Å²) < 4.78 is 7.10. The molecule has 0 spiro atoms. The average Bonchev–Trinajstić information content (AvgIpc) is 3.14. The van der Waals surface area contributed by atoms with E-state index in [1.807, 2.05) is 4.40 Å². The molecule has 8 heteroatoms. The zero-order valence-electron chi connectivity index (χ0n) is 10.5. The first-order valence-corrected chi connectivity index (χ1v) is 6.42. The van der Waals surface area contributed by atoms with Gasteiger partial charge in [0.05, 0.1) is 23.0 Å². The molecule has 0 fully saturated rings. The second-order valence-electron chi connectivity index (χ2n) is 4.23. The summed E-state index contributed by atoms with van der Waals surface area (Å²) in [6, 6.07) is 1.72. The first-order chi connectivity index (χ1) is 10.3.